The van der Waals surface area contributed by atoms with E-state index in [0.717, 1.165) is 27.3 Å². The molecular weight excluding hydrogens is 394 g/mol. The van der Waals surface area contributed by atoms with Crippen LogP contribution in [0.25, 0.3) is 10.9 Å². The van der Waals surface area contributed by atoms with Gasteiger partial charge >= 0.3 is 0 Å². The molecule has 8 heteroatoms. The fourth-order valence-electron chi connectivity index (χ4n) is 3.91. The second-order valence-electron chi connectivity index (χ2n) is 7.12. The Morgan fingerprint density at radius 3 is 2.79 bits per heavy atom. The number of hydrogen-bond donors (Lipinski definition) is 0. The first kappa shape index (κ1) is 19.1. The number of nitrogens with zero attached hydrogens (tertiary/aromatic N) is 3. The molecule has 0 unspecified atom stereocenters. The van der Waals surface area contributed by atoms with Crippen molar-refractivity contribution in [3.63, 3.8) is 0 Å². The molecule has 0 saturated carbocycles. The number of Topliss-reactive ketones (excluding diaryl/α,β-unsaturated/α-hetero) is 1. The minimum atomic E-state index is -2.98. The minimum Gasteiger partial charge on any atom is -0.344 e. The Balaban J connectivity index is 1.55. The number of para-hydroxylation sites is 1. The second kappa shape index (κ2) is 7.33. The van der Waals surface area contributed by atoms with Crippen LogP contribution in [0, 0.1) is 13.8 Å². The standard InChI is InChI=1S/C20H21N3O3S2/c1-13-9-17(14(2)23(13)15-7-8-28(25,26)11-15)19(24)10-27-20-16-5-3-4-6-18(16)21-12-22-20/h3-6,9,12,15H,7-8,10-11H2,1-2H3/t15-/m1/s1. The third-order valence-electron chi connectivity index (χ3n) is 5.20. The van der Waals surface area contributed by atoms with Gasteiger partial charge in [0.25, 0.3) is 0 Å². The molecule has 4 rings (SSSR count). The zero-order chi connectivity index (χ0) is 19.9. The van der Waals surface area contributed by atoms with Crippen molar-refractivity contribution in [3.8, 4) is 0 Å². The maximum atomic E-state index is 12.9. The van der Waals surface area contributed by atoms with Gasteiger partial charge < -0.3 is 4.57 Å². The van der Waals surface area contributed by atoms with Gasteiger partial charge in [-0.25, -0.2) is 18.4 Å². The van der Waals surface area contributed by atoms with Crippen molar-refractivity contribution >= 4 is 38.3 Å². The summed E-state index contributed by atoms with van der Waals surface area (Å²) >= 11 is 1.40. The highest BCUT2D eigenvalue weighted by molar-refractivity contribution is 8.00. The lowest BCUT2D eigenvalue weighted by Crippen LogP contribution is -2.14. The van der Waals surface area contributed by atoms with Crippen molar-refractivity contribution in [3.05, 3.63) is 53.6 Å². The summed E-state index contributed by atoms with van der Waals surface area (Å²) in [5, 5.41) is 1.72. The SMILES string of the molecule is Cc1cc(C(=O)CSc2ncnc3ccccc23)c(C)n1[C@@H]1CCS(=O)(=O)C1. The van der Waals surface area contributed by atoms with Crippen LogP contribution in [-0.2, 0) is 9.84 Å². The molecule has 1 fully saturated rings. The summed E-state index contributed by atoms with van der Waals surface area (Å²) in [7, 11) is -2.98. The molecule has 1 aromatic carbocycles. The molecule has 28 heavy (non-hydrogen) atoms. The summed E-state index contributed by atoms with van der Waals surface area (Å²) in [5.41, 5.74) is 3.29. The third kappa shape index (κ3) is 3.58. The molecule has 0 N–H and O–H groups in total. The van der Waals surface area contributed by atoms with Gasteiger partial charge in [-0.05, 0) is 32.4 Å². The van der Waals surface area contributed by atoms with E-state index in [1.54, 1.807) is 0 Å². The number of fused-ring (bicyclic) bond motifs is 1. The van der Waals surface area contributed by atoms with E-state index in [9.17, 15) is 13.2 Å². The van der Waals surface area contributed by atoms with Gasteiger partial charge in [-0.2, -0.15) is 0 Å². The fraction of sp³-hybridized carbons (Fsp3) is 0.350. The number of benzene rings is 1. The normalized spacial score (nSPS) is 18.6. The summed E-state index contributed by atoms with van der Waals surface area (Å²) in [5.74, 6) is 0.662. The molecule has 0 aliphatic carbocycles. The van der Waals surface area contributed by atoms with Gasteiger partial charge in [-0.1, -0.05) is 30.0 Å². The van der Waals surface area contributed by atoms with E-state index in [1.165, 1.54) is 18.1 Å². The van der Waals surface area contributed by atoms with Gasteiger partial charge in [-0.3, -0.25) is 4.79 Å². The van der Waals surface area contributed by atoms with Crippen molar-refractivity contribution < 1.29 is 13.2 Å². The summed E-state index contributed by atoms with van der Waals surface area (Å²) in [6, 6.07) is 9.53. The first-order valence-corrected chi connectivity index (χ1v) is 11.9. The third-order valence-corrected chi connectivity index (χ3v) is 7.96. The number of ketones is 1. The lowest BCUT2D eigenvalue weighted by atomic mass is 10.2. The van der Waals surface area contributed by atoms with Crippen LogP contribution in [-0.4, -0.2) is 46.0 Å². The topological polar surface area (TPSA) is 81.9 Å². The molecule has 1 saturated heterocycles. The molecule has 0 amide bonds. The first-order valence-electron chi connectivity index (χ1n) is 9.10. The van der Waals surface area contributed by atoms with Crippen molar-refractivity contribution in [1.29, 1.82) is 0 Å². The molecule has 3 aromatic rings. The van der Waals surface area contributed by atoms with Crippen LogP contribution in [0.5, 0.6) is 0 Å². The van der Waals surface area contributed by atoms with Gasteiger partial charge in [0.1, 0.15) is 11.4 Å². The lowest BCUT2D eigenvalue weighted by molar-refractivity contribution is 0.102. The van der Waals surface area contributed by atoms with E-state index in [2.05, 4.69) is 9.97 Å². The molecule has 0 spiro atoms. The Labute approximate surface area is 168 Å². The van der Waals surface area contributed by atoms with Gasteiger partial charge in [0.2, 0.25) is 0 Å². The van der Waals surface area contributed by atoms with Crippen LogP contribution >= 0.6 is 11.8 Å². The Hall–Kier alpha value is -2.19. The highest BCUT2D eigenvalue weighted by Gasteiger charge is 2.31. The van der Waals surface area contributed by atoms with Crippen LogP contribution in [0.1, 0.15) is 34.2 Å². The Morgan fingerprint density at radius 2 is 2.04 bits per heavy atom. The van der Waals surface area contributed by atoms with Gasteiger partial charge in [-0.15, -0.1) is 0 Å². The highest BCUT2D eigenvalue weighted by Crippen LogP contribution is 2.30. The molecular formula is C20H21N3O3S2. The van der Waals surface area contributed by atoms with Crippen molar-refractivity contribution in [2.45, 2.75) is 31.3 Å². The lowest BCUT2D eigenvalue weighted by Gasteiger charge is -2.16. The van der Waals surface area contributed by atoms with Crippen LogP contribution < -0.4 is 0 Å². The molecule has 2 aromatic heterocycles. The minimum absolute atomic E-state index is 0.0212. The predicted octanol–water partition coefficient (Wildman–Crippen LogP) is 3.38. The van der Waals surface area contributed by atoms with Crippen LogP contribution in [0.4, 0.5) is 0 Å². The number of thioether (sulfide) groups is 1. The molecule has 6 nitrogen and oxygen atoms in total. The Morgan fingerprint density at radius 1 is 1.25 bits per heavy atom. The van der Waals surface area contributed by atoms with Crippen LogP contribution in [0.15, 0.2) is 41.7 Å². The highest BCUT2D eigenvalue weighted by atomic mass is 32.2. The van der Waals surface area contributed by atoms with E-state index in [-0.39, 0.29) is 29.1 Å². The molecule has 1 aliphatic rings. The zero-order valence-corrected chi connectivity index (χ0v) is 17.4. The van der Waals surface area contributed by atoms with Crippen molar-refractivity contribution in [2.75, 3.05) is 17.3 Å². The molecule has 3 heterocycles. The molecule has 1 aliphatic heterocycles. The number of aryl methyl sites for hydroxylation is 1. The smallest absolute Gasteiger partial charge is 0.174 e. The average Bonchev–Trinajstić information content (AvgIpc) is 3.17. The van der Waals surface area contributed by atoms with Crippen molar-refractivity contribution in [1.82, 2.24) is 14.5 Å². The maximum Gasteiger partial charge on any atom is 0.174 e. The molecule has 146 valence electrons. The van der Waals surface area contributed by atoms with Gasteiger partial charge in [0.05, 0.1) is 22.8 Å². The first-order chi connectivity index (χ1) is 13.4. The van der Waals surface area contributed by atoms with Crippen molar-refractivity contribution in [2.24, 2.45) is 0 Å². The number of carbonyl (C=O) groups excluding carboxylic acids is 1. The number of carbonyl (C=O) groups is 1. The Kier molecular flexibility index (Phi) is 5.01. The number of hydrogen-bond acceptors (Lipinski definition) is 6. The number of aromatic nitrogens is 3. The van der Waals surface area contributed by atoms with E-state index >= 15 is 0 Å². The van der Waals surface area contributed by atoms with E-state index in [0.29, 0.717) is 12.0 Å². The molecule has 0 radical (unpaired) electrons. The van der Waals surface area contributed by atoms with Gasteiger partial charge in [0.15, 0.2) is 15.6 Å². The largest absolute Gasteiger partial charge is 0.344 e. The summed E-state index contributed by atoms with van der Waals surface area (Å²) in [6.07, 6.45) is 2.12. The van der Waals surface area contributed by atoms with E-state index < -0.39 is 9.84 Å². The Bertz CT molecular complexity index is 1160. The fourth-order valence-corrected chi connectivity index (χ4v) is 6.48. The molecule has 0 bridgehead atoms. The molecule has 1 atom stereocenters. The maximum absolute atomic E-state index is 12.9. The monoisotopic (exact) mass is 415 g/mol. The van der Waals surface area contributed by atoms with E-state index in [4.69, 9.17) is 0 Å². The van der Waals surface area contributed by atoms with Crippen LogP contribution in [0.3, 0.4) is 0 Å². The quantitative estimate of drug-likeness (QED) is 0.361. The van der Waals surface area contributed by atoms with Crippen LogP contribution in [0.2, 0.25) is 0 Å². The summed E-state index contributed by atoms with van der Waals surface area (Å²) in [6.45, 7) is 3.83. The zero-order valence-electron chi connectivity index (χ0n) is 15.8. The second-order valence-corrected chi connectivity index (χ2v) is 10.3. The number of sulfone groups is 1. The number of rotatable bonds is 5. The summed E-state index contributed by atoms with van der Waals surface area (Å²) < 4.78 is 25.7. The predicted molar refractivity (Wildman–Crippen MR) is 111 cm³/mol. The average molecular weight is 416 g/mol. The summed E-state index contributed by atoms with van der Waals surface area (Å²) in [4.78, 5) is 21.5. The van der Waals surface area contributed by atoms with Gasteiger partial charge in [0, 0.05) is 28.4 Å². The van der Waals surface area contributed by atoms with E-state index in [1.807, 2.05) is 48.7 Å².